The molecule has 2 rings (SSSR count). The van der Waals surface area contributed by atoms with E-state index in [4.69, 9.17) is 0 Å². The molecule has 1 unspecified atom stereocenters. The third-order valence-electron chi connectivity index (χ3n) is 3.34. The van der Waals surface area contributed by atoms with Crippen molar-refractivity contribution in [3.8, 4) is 5.75 Å². The molecule has 1 aliphatic carbocycles. The number of ether oxygens (including phenoxy) is 1. The number of rotatable bonds is 3. The molecule has 0 saturated carbocycles. The summed E-state index contributed by atoms with van der Waals surface area (Å²) in [5.74, 6) is -5.00. The van der Waals surface area contributed by atoms with E-state index in [2.05, 4.69) is 9.72 Å². The van der Waals surface area contributed by atoms with Crippen LogP contribution in [0.25, 0.3) is 0 Å². The number of hydrogen-bond donors (Lipinski definition) is 1. The molecule has 0 aromatic carbocycles. The number of aromatic nitrogens is 1. The summed E-state index contributed by atoms with van der Waals surface area (Å²) in [6.45, 7) is -1.79. The van der Waals surface area contributed by atoms with Crippen molar-refractivity contribution in [2.45, 2.75) is 43.9 Å². The third kappa shape index (κ3) is 3.42. The molecule has 1 aromatic rings. The van der Waals surface area contributed by atoms with Crippen LogP contribution in [0.4, 0.5) is 22.0 Å². The van der Waals surface area contributed by atoms with E-state index in [9.17, 15) is 27.1 Å². The van der Waals surface area contributed by atoms with Crippen molar-refractivity contribution in [2.24, 2.45) is 0 Å². The minimum atomic E-state index is -5.66. The lowest BCUT2D eigenvalue weighted by Gasteiger charge is -2.21. The van der Waals surface area contributed by atoms with E-state index < -0.39 is 24.8 Å². The summed E-state index contributed by atoms with van der Waals surface area (Å²) in [6.07, 6.45) is -2.98. The van der Waals surface area contributed by atoms with Gasteiger partial charge in [-0.05, 0) is 25.3 Å². The van der Waals surface area contributed by atoms with Crippen molar-refractivity contribution < 1.29 is 31.8 Å². The zero-order valence-corrected chi connectivity index (χ0v) is 11.0. The van der Waals surface area contributed by atoms with Crippen LogP contribution in [-0.4, -0.2) is 28.8 Å². The van der Waals surface area contributed by atoms with E-state index in [0.29, 0.717) is 30.5 Å². The fourth-order valence-corrected chi connectivity index (χ4v) is 2.19. The van der Waals surface area contributed by atoms with E-state index >= 15 is 0 Å². The van der Waals surface area contributed by atoms with E-state index in [-0.39, 0.29) is 5.75 Å². The zero-order valence-electron chi connectivity index (χ0n) is 11.0. The fourth-order valence-electron chi connectivity index (χ4n) is 2.19. The second-order valence-corrected chi connectivity index (χ2v) is 4.93. The van der Waals surface area contributed by atoms with Crippen molar-refractivity contribution in [3.05, 3.63) is 23.5 Å². The quantitative estimate of drug-likeness (QED) is 0.687. The van der Waals surface area contributed by atoms with Crippen molar-refractivity contribution in [1.29, 1.82) is 0 Å². The Morgan fingerprint density at radius 2 is 1.95 bits per heavy atom. The number of pyridine rings is 1. The number of alkyl halides is 5. The molecule has 1 heterocycles. The summed E-state index contributed by atoms with van der Waals surface area (Å²) < 4.78 is 66.8. The zero-order chi connectivity index (χ0) is 15.7. The van der Waals surface area contributed by atoms with Gasteiger partial charge in [-0.3, -0.25) is 4.98 Å². The maximum Gasteiger partial charge on any atom is 0.456 e. The van der Waals surface area contributed by atoms with Crippen molar-refractivity contribution in [3.63, 3.8) is 0 Å². The highest BCUT2D eigenvalue weighted by atomic mass is 19.4. The lowest BCUT2D eigenvalue weighted by Crippen LogP contribution is -2.41. The molecule has 21 heavy (non-hydrogen) atoms. The number of aliphatic hydroxyl groups excluding tert-OH is 1. The molecular formula is C13H14F5NO2. The van der Waals surface area contributed by atoms with Gasteiger partial charge in [0.05, 0.1) is 11.8 Å². The predicted molar refractivity (Wildman–Crippen MR) is 63.2 cm³/mol. The van der Waals surface area contributed by atoms with Gasteiger partial charge in [0, 0.05) is 11.8 Å². The molecule has 0 spiro atoms. The van der Waals surface area contributed by atoms with Crippen LogP contribution in [0.2, 0.25) is 0 Å². The lowest BCUT2D eigenvalue weighted by molar-refractivity contribution is -0.290. The largest absolute Gasteiger partial charge is 0.486 e. The van der Waals surface area contributed by atoms with Crippen molar-refractivity contribution in [2.75, 3.05) is 6.61 Å². The second kappa shape index (κ2) is 5.75. The first kappa shape index (κ1) is 15.9. The molecule has 1 aromatic heterocycles. The molecule has 1 N–H and O–H groups in total. The predicted octanol–water partition coefficient (Wildman–Crippen LogP) is 3.42. The Balaban J connectivity index is 2.20. The molecule has 1 aliphatic rings. The fraction of sp³-hybridized carbons (Fsp3) is 0.615. The molecule has 118 valence electrons. The van der Waals surface area contributed by atoms with Gasteiger partial charge in [0.25, 0.3) is 0 Å². The number of halogens is 5. The Morgan fingerprint density at radius 1 is 1.24 bits per heavy atom. The molecule has 0 radical (unpaired) electrons. The second-order valence-electron chi connectivity index (χ2n) is 4.93. The van der Waals surface area contributed by atoms with Gasteiger partial charge in [0.15, 0.2) is 6.61 Å². The first-order chi connectivity index (χ1) is 9.72. The summed E-state index contributed by atoms with van der Waals surface area (Å²) in [4.78, 5) is 3.97. The summed E-state index contributed by atoms with van der Waals surface area (Å²) in [5, 5.41) is 9.88. The van der Waals surface area contributed by atoms with Crippen LogP contribution in [-0.2, 0) is 6.42 Å². The average Bonchev–Trinajstić information content (AvgIpc) is 2.58. The molecule has 8 heteroatoms. The van der Waals surface area contributed by atoms with Crippen LogP contribution in [0.5, 0.6) is 5.75 Å². The summed E-state index contributed by atoms with van der Waals surface area (Å²) in [6, 6.07) is 1.24. The SMILES string of the molecule is OC1CCCCc2c(OCC(F)(F)C(F)(F)F)ccnc21. The normalized spacial score (nSPS) is 19.8. The highest BCUT2D eigenvalue weighted by Gasteiger charge is 2.58. The summed E-state index contributed by atoms with van der Waals surface area (Å²) >= 11 is 0. The van der Waals surface area contributed by atoms with Crippen molar-refractivity contribution >= 4 is 0 Å². The van der Waals surface area contributed by atoms with Gasteiger partial charge in [-0.15, -0.1) is 0 Å². The minimum Gasteiger partial charge on any atom is -0.486 e. The summed E-state index contributed by atoms with van der Waals surface area (Å²) in [5.41, 5.74) is 0.695. The van der Waals surface area contributed by atoms with Gasteiger partial charge in [-0.1, -0.05) is 6.42 Å². The first-order valence-electron chi connectivity index (χ1n) is 6.45. The van der Waals surface area contributed by atoms with Crippen LogP contribution in [0.15, 0.2) is 12.3 Å². The maximum atomic E-state index is 12.9. The Morgan fingerprint density at radius 3 is 2.62 bits per heavy atom. The Bertz CT molecular complexity index is 504. The number of fused-ring (bicyclic) bond motifs is 1. The molecule has 0 saturated heterocycles. The van der Waals surface area contributed by atoms with Crippen LogP contribution < -0.4 is 4.74 Å². The topological polar surface area (TPSA) is 42.4 Å². The van der Waals surface area contributed by atoms with Crippen LogP contribution in [0, 0.1) is 0 Å². The molecule has 0 amide bonds. The Labute approximate surface area is 117 Å². The van der Waals surface area contributed by atoms with Crippen LogP contribution in [0.1, 0.15) is 36.6 Å². The van der Waals surface area contributed by atoms with Crippen molar-refractivity contribution in [1.82, 2.24) is 4.98 Å². The van der Waals surface area contributed by atoms with E-state index in [1.54, 1.807) is 0 Å². The highest BCUT2D eigenvalue weighted by Crippen LogP contribution is 2.37. The van der Waals surface area contributed by atoms with Crippen LogP contribution in [0.3, 0.4) is 0 Å². The van der Waals surface area contributed by atoms with E-state index in [0.717, 1.165) is 6.42 Å². The molecular weight excluding hydrogens is 297 g/mol. The minimum absolute atomic E-state index is 0.0788. The van der Waals surface area contributed by atoms with Gasteiger partial charge >= 0.3 is 12.1 Å². The molecule has 0 fully saturated rings. The molecule has 0 bridgehead atoms. The Hall–Kier alpha value is -1.44. The standard InChI is InChI=1S/C13H14F5NO2/c14-12(15,13(16,17)18)7-21-10-5-6-19-11-8(10)3-1-2-4-9(11)20/h5-6,9,20H,1-4,7H2. The highest BCUT2D eigenvalue weighted by molar-refractivity contribution is 5.37. The van der Waals surface area contributed by atoms with Gasteiger partial charge < -0.3 is 9.84 Å². The number of hydrogen-bond acceptors (Lipinski definition) is 3. The first-order valence-corrected chi connectivity index (χ1v) is 6.45. The smallest absolute Gasteiger partial charge is 0.456 e. The summed E-state index contributed by atoms with van der Waals surface area (Å²) in [7, 11) is 0. The lowest BCUT2D eigenvalue weighted by atomic mass is 10.1. The Kier molecular flexibility index (Phi) is 4.36. The molecule has 1 atom stereocenters. The van der Waals surface area contributed by atoms with Gasteiger partial charge in [-0.2, -0.15) is 22.0 Å². The third-order valence-corrected chi connectivity index (χ3v) is 3.34. The molecule has 0 aliphatic heterocycles. The number of nitrogens with zero attached hydrogens (tertiary/aromatic N) is 1. The monoisotopic (exact) mass is 311 g/mol. The van der Waals surface area contributed by atoms with Gasteiger partial charge in [0.2, 0.25) is 0 Å². The van der Waals surface area contributed by atoms with E-state index in [1.165, 1.54) is 12.3 Å². The van der Waals surface area contributed by atoms with Gasteiger partial charge in [0.1, 0.15) is 5.75 Å². The molecule has 3 nitrogen and oxygen atoms in total. The van der Waals surface area contributed by atoms with E-state index in [1.807, 2.05) is 0 Å². The van der Waals surface area contributed by atoms with Gasteiger partial charge in [-0.25, -0.2) is 0 Å². The maximum absolute atomic E-state index is 12.9. The van der Waals surface area contributed by atoms with Crippen LogP contribution >= 0.6 is 0 Å². The average molecular weight is 311 g/mol. The number of aliphatic hydroxyl groups is 1.